The van der Waals surface area contributed by atoms with E-state index < -0.39 is 66.1 Å². The van der Waals surface area contributed by atoms with Crippen LogP contribution in [0.5, 0.6) is 0 Å². The third kappa shape index (κ3) is 13.4. The molecule has 8 N–H and O–H groups in total. The summed E-state index contributed by atoms with van der Waals surface area (Å²) in [6.07, 6.45) is 2.10. The van der Waals surface area contributed by atoms with Gasteiger partial charge in [-0.3, -0.25) is 33.6 Å². The Balaban J connectivity index is 1.38. The number of nitrogens with zero attached hydrogens (tertiary/aromatic N) is 1. The van der Waals surface area contributed by atoms with E-state index in [9.17, 15) is 38.7 Å². The Labute approximate surface area is 345 Å². The van der Waals surface area contributed by atoms with Gasteiger partial charge in [0.2, 0.25) is 29.5 Å². The van der Waals surface area contributed by atoms with E-state index in [0.717, 1.165) is 17.2 Å². The number of benzene rings is 3. The van der Waals surface area contributed by atoms with Gasteiger partial charge in [0.25, 0.3) is 5.91 Å². The smallest absolute Gasteiger partial charge is 0.305 e. The molecule has 0 aromatic heterocycles. The molecule has 1 saturated heterocycles. The van der Waals surface area contributed by atoms with Crippen LogP contribution >= 0.6 is 0 Å². The van der Waals surface area contributed by atoms with Crippen LogP contribution in [0, 0.1) is 11.8 Å². The Morgan fingerprint density at radius 1 is 0.831 bits per heavy atom. The molecule has 15 nitrogen and oxygen atoms in total. The fraction of sp³-hybridized carbons (Fsp3) is 0.477. The van der Waals surface area contributed by atoms with Gasteiger partial charge >= 0.3 is 5.97 Å². The number of likely N-dealkylation sites (tertiary alicyclic amines) is 1. The van der Waals surface area contributed by atoms with E-state index in [1.54, 1.807) is 37.3 Å². The van der Waals surface area contributed by atoms with Crippen LogP contribution < -0.4 is 32.3 Å². The van der Waals surface area contributed by atoms with Crippen LogP contribution in [0.4, 0.5) is 5.69 Å². The third-order valence-electron chi connectivity index (χ3n) is 10.9. The van der Waals surface area contributed by atoms with Gasteiger partial charge in [0, 0.05) is 24.3 Å². The molecule has 3 aromatic rings. The van der Waals surface area contributed by atoms with Gasteiger partial charge in [-0.05, 0) is 84.7 Å². The Morgan fingerprint density at radius 3 is 2.19 bits per heavy atom. The second kappa shape index (κ2) is 22.4. The minimum atomic E-state index is -1.55. The fourth-order valence-electron chi connectivity index (χ4n) is 6.86. The van der Waals surface area contributed by atoms with Crippen LogP contribution in [0.25, 0.3) is 10.8 Å². The van der Waals surface area contributed by atoms with Gasteiger partial charge in [-0.15, -0.1) is 0 Å². The first-order valence-electron chi connectivity index (χ1n) is 20.5. The number of hydrogen-bond acceptors (Lipinski definition) is 8. The number of carbonyl (C=O) groups is 7. The molecular weight excluding hydrogens is 755 g/mol. The molecule has 4 rings (SSSR count). The van der Waals surface area contributed by atoms with E-state index in [-0.39, 0.29) is 37.1 Å². The normalized spacial score (nSPS) is 16.2. The molecule has 3 aromatic carbocycles. The Morgan fingerprint density at radius 2 is 1.53 bits per heavy atom. The van der Waals surface area contributed by atoms with E-state index in [2.05, 4.69) is 26.6 Å². The van der Waals surface area contributed by atoms with E-state index in [1.165, 1.54) is 4.90 Å². The molecule has 6 amide bonds. The number of anilines is 1. The van der Waals surface area contributed by atoms with Gasteiger partial charge in [0.1, 0.15) is 24.2 Å². The lowest BCUT2D eigenvalue weighted by Gasteiger charge is -2.30. The maximum Gasteiger partial charge on any atom is 0.305 e. The van der Waals surface area contributed by atoms with E-state index in [0.29, 0.717) is 55.6 Å². The molecule has 1 fully saturated rings. The molecule has 0 saturated carbocycles. The lowest BCUT2D eigenvalue weighted by atomic mass is 9.97. The first-order valence-corrected chi connectivity index (χ1v) is 20.5. The zero-order valence-electron chi connectivity index (χ0n) is 34.4. The predicted octanol–water partition coefficient (Wildman–Crippen LogP) is 3.50. The molecule has 0 aliphatic carbocycles. The number of carboxylic acids is 1. The molecule has 318 valence electrons. The van der Waals surface area contributed by atoms with Gasteiger partial charge in [-0.25, -0.2) is 0 Å². The monoisotopic (exact) mass is 813 g/mol. The predicted molar refractivity (Wildman–Crippen MR) is 225 cm³/mol. The van der Waals surface area contributed by atoms with Gasteiger partial charge in [0.05, 0.1) is 12.8 Å². The van der Waals surface area contributed by atoms with E-state index in [4.69, 9.17) is 5.73 Å². The van der Waals surface area contributed by atoms with Crippen molar-refractivity contribution in [3.05, 3.63) is 77.9 Å². The van der Waals surface area contributed by atoms with Gasteiger partial charge in [-0.2, -0.15) is 0 Å². The molecule has 0 spiro atoms. The van der Waals surface area contributed by atoms with Crippen molar-refractivity contribution in [1.82, 2.24) is 26.2 Å². The van der Waals surface area contributed by atoms with Crippen molar-refractivity contribution >= 4 is 57.9 Å². The zero-order valence-corrected chi connectivity index (χ0v) is 34.4. The van der Waals surface area contributed by atoms with Crippen molar-refractivity contribution < 1.29 is 38.7 Å². The average molecular weight is 814 g/mol. The van der Waals surface area contributed by atoms with Crippen LogP contribution in [0.15, 0.2) is 66.7 Å². The lowest BCUT2D eigenvalue weighted by molar-refractivity contribution is -0.142. The Hall–Kier alpha value is -5.83. The minimum absolute atomic E-state index is 0.00582. The fourth-order valence-corrected chi connectivity index (χ4v) is 6.86. The first kappa shape index (κ1) is 45.9. The molecule has 1 aliphatic heterocycles. The highest BCUT2D eigenvalue weighted by molar-refractivity contribution is 6.06. The quantitative estimate of drug-likeness (QED) is 0.0834. The number of amides is 6. The van der Waals surface area contributed by atoms with Crippen molar-refractivity contribution in [1.29, 1.82) is 0 Å². The number of aliphatic carboxylic acids is 1. The first-order chi connectivity index (χ1) is 28.2. The van der Waals surface area contributed by atoms with Crippen LogP contribution in [0.2, 0.25) is 0 Å². The number of nitrogens with two attached hydrogens (primary N) is 1. The number of carboxylic acid groups (broad SMARTS) is 1. The molecule has 1 aliphatic rings. The van der Waals surface area contributed by atoms with Crippen LogP contribution in [-0.4, -0.2) is 95.2 Å². The highest BCUT2D eigenvalue weighted by atomic mass is 16.4. The highest BCUT2D eigenvalue weighted by Gasteiger charge is 2.38. The third-order valence-corrected chi connectivity index (χ3v) is 10.9. The summed E-state index contributed by atoms with van der Waals surface area (Å²) >= 11 is 0. The number of carbonyl (C=O) groups excluding carboxylic acids is 6. The summed E-state index contributed by atoms with van der Waals surface area (Å²) in [5.41, 5.74) is 7.42. The maximum atomic E-state index is 13.8. The zero-order chi connectivity index (χ0) is 43.1. The second-order valence-electron chi connectivity index (χ2n) is 15.4. The molecule has 6 atom stereocenters. The van der Waals surface area contributed by atoms with Crippen molar-refractivity contribution in [3.63, 3.8) is 0 Å². The molecule has 59 heavy (non-hydrogen) atoms. The topological polar surface area (TPSA) is 229 Å². The summed E-state index contributed by atoms with van der Waals surface area (Å²) in [5, 5.41) is 25.2. The van der Waals surface area contributed by atoms with Crippen molar-refractivity contribution in [2.75, 3.05) is 25.0 Å². The van der Waals surface area contributed by atoms with Gasteiger partial charge < -0.3 is 42.3 Å². The summed E-state index contributed by atoms with van der Waals surface area (Å²) in [7, 11) is 0. The number of rotatable bonds is 21. The number of fused-ring (bicyclic) bond motifs is 1. The lowest BCUT2D eigenvalue weighted by Crippen LogP contribution is -2.59. The van der Waals surface area contributed by atoms with Gasteiger partial charge in [-0.1, -0.05) is 83.0 Å². The minimum Gasteiger partial charge on any atom is -0.481 e. The van der Waals surface area contributed by atoms with E-state index >= 15 is 0 Å². The van der Waals surface area contributed by atoms with Crippen molar-refractivity contribution in [2.24, 2.45) is 17.6 Å². The van der Waals surface area contributed by atoms with E-state index in [1.807, 2.05) is 57.2 Å². The molecule has 0 bridgehead atoms. The molecule has 1 heterocycles. The van der Waals surface area contributed by atoms with Crippen LogP contribution in [-0.2, 0) is 35.2 Å². The molecule has 0 radical (unpaired) electrons. The van der Waals surface area contributed by atoms with Crippen LogP contribution in [0.1, 0.15) is 88.6 Å². The van der Waals surface area contributed by atoms with Crippen molar-refractivity contribution in [3.8, 4) is 0 Å². The summed E-state index contributed by atoms with van der Waals surface area (Å²) in [5.74, 6) is -4.73. The largest absolute Gasteiger partial charge is 0.481 e. The summed E-state index contributed by atoms with van der Waals surface area (Å²) < 4.78 is 0. The second-order valence-corrected chi connectivity index (χ2v) is 15.4. The highest BCUT2D eigenvalue weighted by Crippen LogP contribution is 2.22. The number of nitrogens with one attached hydrogen (secondary N) is 5. The molecular formula is C44H59N7O8. The SMILES string of the molecule is CCC(C)CNC(=O)[C@H](CCCN)NC(=O)[C@H](CC(=O)O)NC(=O)[C@@H](NC(=O)[C@@H]1CCCN1C(=O)Cc1ccc(NC(=O)c2ccc3ccccc3c2)cc1)C(C)CC. The summed E-state index contributed by atoms with van der Waals surface area (Å²) in [4.78, 5) is 93.9. The Kier molecular flexibility index (Phi) is 17.4. The molecule has 15 heteroatoms. The standard InChI is InChI=1S/C44H59N7O8/c1-5-27(3)26-46-41(56)34(13-9-21-45)48-42(57)35(25-38(53)54)49-44(59)39(28(4)6-2)50-43(58)36-14-10-22-51(36)37(52)23-29-15-19-33(20-16-29)47-40(55)32-18-17-30-11-7-8-12-31(30)24-32/h7-8,11-12,15-20,24,27-28,34-36,39H,5-6,9-10,13-14,21-23,25-26,45H2,1-4H3,(H,46,56)(H,47,55)(H,48,57)(H,49,59)(H,50,58)(H,53,54)/t27?,28?,34-,35-,36-,39-/m0/s1. The molecule has 2 unspecified atom stereocenters. The number of hydrogen-bond donors (Lipinski definition) is 7. The average Bonchev–Trinajstić information content (AvgIpc) is 3.73. The Bertz CT molecular complexity index is 1950. The van der Waals surface area contributed by atoms with Crippen LogP contribution in [0.3, 0.4) is 0 Å². The van der Waals surface area contributed by atoms with Crippen molar-refractivity contribution in [2.45, 2.75) is 103 Å². The summed E-state index contributed by atoms with van der Waals surface area (Å²) in [6, 6.07) is 15.6. The maximum absolute atomic E-state index is 13.8. The van der Waals surface area contributed by atoms with Gasteiger partial charge in [0.15, 0.2) is 0 Å². The summed E-state index contributed by atoms with van der Waals surface area (Å²) in [6.45, 7) is 8.52.